The molecule has 6 heteroatoms. The zero-order chi connectivity index (χ0) is 20.6. The summed E-state index contributed by atoms with van der Waals surface area (Å²) < 4.78 is 0. The molecule has 1 amide bonds. The minimum absolute atomic E-state index is 0.00281. The van der Waals surface area contributed by atoms with Crippen molar-refractivity contribution in [1.29, 1.82) is 0 Å². The molecule has 5 nitrogen and oxygen atoms in total. The highest BCUT2D eigenvalue weighted by molar-refractivity contribution is 8.00. The third-order valence-electron chi connectivity index (χ3n) is 5.04. The van der Waals surface area contributed by atoms with Gasteiger partial charge in [0, 0.05) is 18.0 Å². The van der Waals surface area contributed by atoms with E-state index in [0.29, 0.717) is 17.6 Å². The predicted molar refractivity (Wildman–Crippen MR) is 119 cm³/mol. The fourth-order valence-corrected chi connectivity index (χ4v) is 3.88. The molecule has 0 bridgehead atoms. The molecule has 0 saturated carbocycles. The lowest BCUT2D eigenvalue weighted by molar-refractivity contribution is -0.120. The van der Waals surface area contributed by atoms with E-state index in [1.54, 1.807) is 0 Å². The van der Waals surface area contributed by atoms with Crippen LogP contribution in [-0.4, -0.2) is 32.9 Å². The molecular weight excluding hydrogens is 380 g/mol. The summed E-state index contributed by atoms with van der Waals surface area (Å²) in [4.78, 5) is 17.1. The first-order chi connectivity index (χ1) is 14.1. The summed E-state index contributed by atoms with van der Waals surface area (Å²) in [5.74, 6) is 1.04. The van der Waals surface area contributed by atoms with E-state index in [4.69, 9.17) is 0 Å². The van der Waals surface area contributed by atoms with Gasteiger partial charge in [0.1, 0.15) is 0 Å². The maximum absolute atomic E-state index is 12.5. The highest BCUT2D eigenvalue weighted by atomic mass is 32.2. The van der Waals surface area contributed by atoms with Crippen molar-refractivity contribution in [3.8, 4) is 11.4 Å². The van der Waals surface area contributed by atoms with Gasteiger partial charge in [-0.25, -0.2) is 4.98 Å². The summed E-state index contributed by atoms with van der Waals surface area (Å²) in [6, 6.07) is 18.6. The molecule has 3 rings (SSSR count). The second-order valence-electron chi connectivity index (χ2n) is 7.04. The second-order valence-corrected chi connectivity index (χ2v) is 8.35. The van der Waals surface area contributed by atoms with Crippen LogP contribution in [0.15, 0.2) is 59.8 Å². The zero-order valence-corrected chi connectivity index (χ0v) is 18.0. The molecule has 0 radical (unpaired) electrons. The summed E-state index contributed by atoms with van der Waals surface area (Å²) >= 11 is 1.36. The number of aromatic amines is 1. The largest absolute Gasteiger partial charge is 0.355 e. The molecule has 2 aromatic carbocycles. The van der Waals surface area contributed by atoms with Crippen molar-refractivity contribution < 1.29 is 4.79 Å². The quantitative estimate of drug-likeness (QED) is 0.498. The number of rotatable bonds is 9. The molecule has 0 saturated heterocycles. The van der Waals surface area contributed by atoms with Crippen LogP contribution >= 0.6 is 11.8 Å². The van der Waals surface area contributed by atoms with Crippen LogP contribution in [0.1, 0.15) is 44.2 Å². The Labute approximate surface area is 176 Å². The number of H-pyrrole nitrogens is 1. The van der Waals surface area contributed by atoms with Crippen LogP contribution < -0.4 is 5.32 Å². The average molecular weight is 409 g/mol. The van der Waals surface area contributed by atoms with Gasteiger partial charge in [-0.2, -0.15) is 0 Å². The Morgan fingerprint density at radius 2 is 1.83 bits per heavy atom. The number of hydrogen-bond donors (Lipinski definition) is 2. The molecule has 0 aliphatic rings. The van der Waals surface area contributed by atoms with E-state index in [0.717, 1.165) is 24.2 Å². The number of benzene rings is 2. The molecule has 0 spiro atoms. The maximum Gasteiger partial charge on any atom is 0.233 e. The molecule has 0 aliphatic carbocycles. The van der Waals surface area contributed by atoms with Gasteiger partial charge in [0.15, 0.2) is 5.82 Å². The fourth-order valence-electron chi connectivity index (χ4n) is 3.13. The topological polar surface area (TPSA) is 70.7 Å². The molecule has 3 aromatic rings. The van der Waals surface area contributed by atoms with E-state index in [2.05, 4.69) is 58.6 Å². The van der Waals surface area contributed by atoms with E-state index in [1.165, 1.54) is 22.9 Å². The van der Waals surface area contributed by atoms with Crippen molar-refractivity contribution in [2.24, 2.45) is 0 Å². The molecule has 0 unspecified atom stereocenters. The smallest absolute Gasteiger partial charge is 0.233 e. The van der Waals surface area contributed by atoms with Crippen molar-refractivity contribution in [1.82, 2.24) is 20.5 Å². The summed E-state index contributed by atoms with van der Waals surface area (Å²) in [6.07, 6.45) is 1.99. The third kappa shape index (κ3) is 5.70. The minimum atomic E-state index is -0.269. The van der Waals surface area contributed by atoms with Crippen molar-refractivity contribution in [3.63, 3.8) is 0 Å². The van der Waals surface area contributed by atoms with Gasteiger partial charge in [0.25, 0.3) is 0 Å². The number of thioether (sulfide) groups is 1. The van der Waals surface area contributed by atoms with Crippen LogP contribution in [0.3, 0.4) is 0 Å². The van der Waals surface area contributed by atoms with Crippen molar-refractivity contribution in [2.75, 3.05) is 6.54 Å². The molecule has 1 aromatic heterocycles. The standard InChI is InChI=1S/C23H28N4OS/c1-4-17-11-13-20(14-12-17)21-25-23(27-26-21)29-16(3)22(28)24-15-18(5-2)19-9-7-6-8-10-19/h6-14,16,18H,4-5,15H2,1-3H3,(H,24,28)(H,25,26,27)/t16-,18-/m0/s1. The maximum atomic E-state index is 12.5. The Morgan fingerprint density at radius 3 is 2.48 bits per heavy atom. The number of hydrogen-bond acceptors (Lipinski definition) is 4. The Kier molecular flexibility index (Phi) is 7.47. The van der Waals surface area contributed by atoms with Gasteiger partial charge in [0.05, 0.1) is 5.25 Å². The first kappa shape index (κ1) is 21.1. The molecular formula is C23H28N4OS. The van der Waals surface area contributed by atoms with Crippen LogP contribution in [0.2, 0.25) is 0 Å². The Bertz CT molecular complexity index is 908. The van der Waals surface area contributed by atoms with Gasteiger partial charge < -0.3 is 5.32 Å². The van der Waals surface area contributed by atoms with Crippen molar-refractivity contribution in [3.05, 3.63) is 65.7 Å². The second kappa shape index (κ2) is 10.3. The molecule has 2 N–H and O–H groups in total. The van der Waals surface area contributed by atoms with Crippen LogP contribution in [0, 0.1) is 0 Å². The number of nitrogens with one attached hydrogen (secondary N) is 2. The Balaban J connectivity index is 1.55. The average Bonchev–Trinajstić information content (AvgIpc) is 3.23. The van der Waals surface area contributed by atoms with Gasteiger partial charge in [-0.05, 0) is 30.9 Å². The summed E-state index contributed by atoms with van der Waals surface area (Å²) in [5, 5.41) is 10.6. The van der Waals surface area contributed by atoms with Crippen molar-refractivity contribution in [2.45, 2.75) is 49.9 Å². The first-order valence-corrected chi connectivity index (χ1v) is 11.0. The van der Waals surface area contributed by atoms with Gasteiger partial charge in [-0.3, -0.25) is 9.89 Å². The minimum Gasteiger partial charge on any atom is -0.355 e. The lowest BCUT2D eigenvalue weighted by atomic mass is 9.96. The van der Waals surface area contributed by atoms with Gasteiger partial charge in [-0.1, -0.05) is 80.2 Å². The van der Waals surface area contributed by atoms with Crippen LogP contribution in [0.4, 0.5) is 0 Å². The number of aromatic nitrogens is 3. The predicted octanol–water partition coefficient (Wildman–Crippen LogP) is 4.82. The van der Waals surface area contributed by atoms with E-state index >= 15 is 0 Å². The molecule has 0 aliphatic heterocycles. The SMILES string of the molecule is CCc1ccc(-c2nc(S[C@@H](C)C(=O)NC[C@H](CC)c3ccccc3)n[nH]2)cc1. The highest BCUT2D eigenvalue weighted by Crippen LogP contribution is 2.24. The number of aryl methyl sites for hydroxylation is 1. The Hall–Kier alpha value is -2.60. The van der Waals surface area contributed by atoms with E-state index in [9.17, 15) is 4.79 Å². The Morgan fingerprint density at radius 1 is 1.10 bits per heavy atom. The molecule has 152 valence electrons. The lowest BCUT2D eigenvalue weighted by Crippen LogP contribution is -2.34. The van der Waals surface area contributed by atoms with Crippen LogP contribution in [0.25, 0.3) is 11.4 Å². The van der Waals surface area contributed by atoms with Crippen LogP contribution in [0.5, 0.6) is 0 Å². The highest BCUT2D eigenvalue weighted by Gasteiger charge is 2.19. The number of nitrogens with zero attached hydrogens (tertiary/aromatic N) is 2. The van der Waals surface area contributed by atoms with Gasteiger partial charge in [0.2, 0.25) is 11.1 Å². The van der Waals surface area contributed by atoms with Gasteiger partial charge in [-0.15, -0.1) is 5.10 Å². The number of carbonyl (C=O) groups is 1. The molecule has 2 atom stereocenters. The molecule has 29 heavy (non-hydrogen) atoms. The zero-order valence-electron chi connectivity index (χ0n) is 17.2. The van der Waals surface area contributed by atoms with Crippen LogP contribution in [-0.2, 0) is 11.2 Å². The first-order valence-electron chi connectivity index (χ1n) is 10.1. The number of carbonyl (C=O) groups excluding carboxylic acids is 1. The molecule has 0 fully saturated rings. The fraction of sp³-hybridized carbons (Fsp3) is 0.348. The van der Waals surface area contributed by atoms with E-state index in [1.807, 2.05) is 37.3 Å². The summed E-state index contributed by atoms with van der Waals surface area (Å²) in [7, 11) is 0. The lowest BCUT2D eigenvalue weighted by Gasteiger charge is -2.17. The van der Waals surface area contributed by atoms with E-state index < -0.39 is 0 Å². The van der Waals surface area contributed by atoms with Gasteiger partial charge >= 0.3 is 0 Å². The third-order valence-corrected chi connectivity index (χ3v) is 6.00. The van der Waals surface area contributed by atoms with E-state index in [-0.39, 0.29) is 11.2 Å². The summed E-state index contributed by atoms with van der Waals surface area (Å²) in [5.41, 5.74) is 3.53. The van der Waals surface area contributed by atoms with Crippen molar-refractivity contribution >= 4 is 17.7 Å². The monoisotopic (exact) mass is 408 g/mol. The summed E-state index contributed by atoms with van der Waals surface area (Å²) in [6.45, 7) is 6.79. The molecule has 1 heterocycles. The normalized spacial score (nSPS) is 13.1. The number of amides is 1.